The van der Waals surface area contributed by atoms with Gasteiger partial charge in [-0.3, -0.25) is 0 Å². The number of rotatable bonds is 4. The van der Waals surface area contributed by atoms with E-state index in [4.69, 9.17) is 0 Å². The van der Waals surface area contributed by atoms with Crippen LogP contribution in [0.3, 0.4) is 0 Å². The van der Waals surface area contributed by atoms with Crippen molar-refractivity contribution in [1.29, 1.82) is 0 Å². The minimum Gasteiger partial charge on any atom is -0.367 e. The van der Waals surface area contributed by atoms with Gasteiger partial charge in [-0.25, -0.2) is 4.68 Å². The third kappa shape index (κ3) is 3.25. The van der Waals surface area contributed by atoms with Crippen LogP contribution in [0.2, 0.25) is 0 Å². The summed E-state index contributed by atoms with van der Waals surface area (Å²) in [5, 5.41) is 8.01. The Morgan fingerprint density at radius 1 is 1.44 bits per heavy atom. The quantitative estimate of drug-likeness (QED) is 0.823. The van der Waals surface area contributed by atoms with Crippen LogP contribution in [-0.4, -0.2) is 15.8 Å². The number of nitrogens with one attached hydrogen (secondary N) is 1. The van der Waals surface area contributed by atoms with Crippen LogP contribution in [0.4, 0.5) is 0 Å². The van der Waals surface area contributed by atoms with Gasteiger partial charge in [0.15, 0.2) is 0 Å². The third-order valence-electron chi connectivity index (χ3n) is 3.40. The highest BCUT2D eigenvalue weighted by atomic mass is 15.3. The Labute approximate surface area is 110 Å². The molecule has 0 aliphatic heterocycles. The summed E-state index contributed by atoms with van der Waals surface area (Å²) in [6, 6.07) is 2.60. The lowest BCUT2D eigenvalue weighted by atomic mass is 9.95. The van der Waals surface area contributed by atoms with E-state index in [1.807, 2.05) is 23.9 Å². The zero-order valence-corrected chi connectivity index (χ0v) is 11.4. The van der Waals surface area contributed by atoms with Crippen molar-refractivity contribution in [3.8, 4) is 0 Å². The summed E-state index contributed by atoms with van der Waals surface area (Å²) >= 11 is 0. The molecular formula is C15H23N3. The molecule has 3 heteroatoms. The van der Waals surface area contributed by atoms with Crippen molar-refractivity contribution < 1.29 is 0 Å². The first-order valence-electron chi connectivity index (χ1n) is 6.81. The Balaban J connectivity index is 2.16. The van der Waals surface area contributed by atoms with Gasteiger partial charge in [-0.2, -0.15) is 5.10 Å². The highest BCUT2D eigenvalue weighted by molar-refractivity contribution is 5.48. The molecule has 0 aromatic carbocycles. The minimum absolute atomic E-state index is 0.577. The Kier molecular flexibility index (Phi) is 4.24. The molecule has 0 unspecified atom stereocenters. The van der Waals surface area contributed by atoms with Crippen LogP contribution >= 0.6 is 0 Å². The van der Waals surface area contributed by atoms with E-state index >= 15 is 0 Å². The van der Waals surface area contributed by atoms with Crippen LogP contribution in [0.5, 0.6) is 0 Å². The molecule has 3 nitrogen and oxygen atoms in total. The van der Waals surface area contributed by atoms with Crippen LogP contribution in [0.15, 0.2) is 30.5 Å². The molecule has 0 bridgehead atoms. The Morgan fingerprint density at radius 3 is 2.72 bits per heavy atom. The zero-order valence-electron chi connectivity index (χ0n) is 11.4. The van der Waals surface area contributed by atoms with Crippen LogP contribution in [0, 0.1) is 6.92 Å². The second kappa shape index (κ2) is 5.89. The van der Waals surface area contributed by atoms with Gasteiger partial charge in [0.2, 0.25) is 0 Å². The van der Waals surface area contributed by atoms with Crippen molar-refractivity contribution in [3.63, 3.8) is 0 Å². The molecule has 1 heterocycles. The molecule has 0 saturated heterocycles. The van der Waals surface area contributed by atoms with E-state index in [2.05, 4.69) is 30.0 Å². The van der Waals surface area contributed by atoms with Crippen molar-refractivity contribution in [2.45, 2.75) is 52.0 Å². The number of allylic oxidation sites excluding steroid dienone is 2. The SMILES string of the molecule is C=C(C)/C=C(/NC1CCCCC1)n1nccc1C. The highest BCUT2D eigenvalue weighted by Gasteiger charge is 2.15. The summed E-state index contributed by atoms with van der Waals surface area (Å²) in [4.78, 5) is 0. The van der Waals surface area contributed by atoms with E-state index < -0.39 is 0 Å². The lowest BCUT2D eigenvalue weighted by molar-refractivity contribution is 0.403. The Morgan fingerprint density at radius 2 is 2.17 bits per heavy atom. The van der Waals surface area contributed by atoms with Gasteiger partial charge in [0.25, 0.3) is 0 Å². The van der Waals surface area contributed by atoms with Crippen LogP contribution in [0.25, 0.3) is 5.82 Å². The van der Waals surface area contributed by atoms with Gasteiger partial charge in [0, 0.05) is 17.9 Å². The van der Waals surface area contributed by atoms with E-state index in [-0.39, 0.29) is 0 Å². The zero-order chi connectivity index (χ0) is 13.0. The minimum atomic E-state index is 0.577. The lowest BCUT2D eigenvalue weighted by Crippen LogP contribution is -2.32. The van der Waals surface area contributed by atoms with Crippen molar-refractivity contribution in [2.75, 3.05) is 0 Å². The molecule has 0 radical (unpaired) electrons. The van der Waals surface area contributed by atoms with Crippen molar-refractivity contribution in [3.05, 3.63) is 36.2 Å². The maximum Gasteiger partial charge on any atom is 0.128 e. The molecule has 1 fully saturated rings. The average molecular weight is 245 g/mol. The molecule has 1 aliphatic rings. The standard InChI is InChI=1S/C15H23N3/c1-12(2)11-15(18-13(3)9-10-16-18)17-14-7-5-4-6-8-14/h9-11,14,17H,1,4-8H2,2-3H3/b15-11-. The lowest BCUT2D eigenvalue weighted by Gasteiger charge is -2.25. The van der Waals surface area contributed by atoms with Crippen molar-refractivity contribution >= 4 is 5.82 Å². The van der Waals surface area contributed by atoms with Crippen LogP contribution < -0.4 is 5.32 Å². The molecule has 1 aromatic heterocycles. The Bertz CT molecular complexity index is 436. The second-order valence-corrected chi connectivity index (χ2v) is 5.24. The largest absolute Gasteiger partial charge is 0.367 e. The summed E-state index contributed by atoms with van der Waals surface area (Å²) in [5.41, 5.74) is 2.19. The maximum absolute atomic E-state index is 4.38. The molecule has 0 spiro atoms. The topological polar surface area (TPSA) is 29.9 Å². The molecule has 1 saturated carbocycles. The fraction of sp³-hybridized carbons (Fsp3) is 0.533. The molecule has 1 N–H and O–H groups in total. The third-order valence-corrected chi connectivity index (χ3v) is 3.40. The average Bonchev–Trinajstić information content (AvgIpc) is 2.75. The molecule has 1 aliphatic carbocycles. The number of aryl methyl sites for hydroxylation is 1. The van der Waals surface area contributed by atoms with E-state index in [1.54, 1.807) is 0 Å². The first kappa shape index (κ1) is 12.9. The summed E-state index contributed by atoms with van der Waals surface area (Å²) in [6.45, 7) is 8.06. The van der Waals surface area contributed by atoms with E-state index in [9.17, 15) is 0 Å². The normalized spacial score (nSPS) is 17.8. The number of hydrogen-bond acceptors (Lipinski definition) is 2. The highest BCUT2D eigenvalue weighted by Crippen LogP contribution is 2.20. The molecule has 0 amide bonds. The molecule has 18 heavy (non-hydrogen) atoms. The van der Waals surface area contributed by atoms with Crippen molar-refractivity contribution in [1.82, 2.24) is 15.1 Å². The van der Waals surface area contributed by atoms with Crippen LogP contribution in [0.1, 0.15) is 44.7 Å². The van der Waals surface area contributed by atoms with Gasteiger partial charge in [0.1, 0.15) is 5.82 Å². The fourth-order valence-corrected chi connectivity index (χ4v) is 2.48. The van der Waals surface area contributed by atoms with E-state index in [0.717, 1.165) is 17.1 Å². The van der Waals surface area contributed by atoms with Gasteiger partial charge < -0.3 is 5.32 Å². The summed E-state index contributed by atoms with van der Waals surface area (Å²) in [7, 11) is 0. The Hall–Kier alpha value is -1.51. The molecule has 1 aromatic rings. The molecular weight excluding hydrogens is 222 g/mol. The predicted molar refractivity (Wildman–Crippen MR) is 76.1 cm³/mol. The molecule has 0 atom stereocenters. The summed E-state index contributed by atoms with van der Waals surface area (Å²) in [6.07, 6.45) is 10.5. The molecule has 2 rings (SSSR count). The van der Waals surface area contributed by atoms with Gasteiger partial charge in [-0.1, -0.05) is 31.4 Å². The van der Waals surface area contributed by atoms with Gasteiger partial charge in [0.05, 0.1) is 0 Å². The summed E-state index contributed by atoms with van der Waals surface area (Å²) < 4.78 is 1.96. The maximum atomic E-state index is 4.38. The fourth-order valence-electron chi connectivity index (χ4n) is 2.48. The van der Waals surface area contributed by atoms with Crippen molar-refractivity contribution in [2.24, 2.45) is 0 Å². The van der Waals surface area contributed by atoms with E-state index in [0.29, 0.717) is 6.04 Å². The number of hydrogen-bond donors (Lipinski definition) is 1. The van der Waals surface area contributed by atoms with Gasteiger partial charge >= 0.3 is 0 Å². The predicted octanol–water partition coefficient (Wildman–Crippen LogP) is 3.49. The molecule has 98 valence electrons. The summed E-state index contributed by atoms with van der Waals surface area (Å²) in [5.74, 6) is 1.05. The van der Waals surface area contributed by atoms with E-state index in [1.165, 1.54) is 32.1 Å². The smallest absolute Gasteiger partial charge is 0.128 e. The number of nitrogens with zero attached hydrogens (tertiary/aromatic N) is 2. The van der Waals surface area contributed by atoms with Gasteiger partial charge in [-0.15, -0.1) is 0 Å². The first-order valence-corrected chi connectivity index (χ1v) is 6.81. The number of aromatic nitrogens is 2. The first-order chi connectivity index (χ1) is 8.66. The van der Waals surface area contributed by atoms with Gasteiger partial charge in [-0.05, 0) is 38.8 Å². The monoisotopic (exact) mass is 245 g/mol. The second-order valence-electron chi connectivity index (χ2n) is 5.24. The van der Waals surface area contributed by atoms with Crippen LogP contribution in [-0.2, 0) is 0 Å².